The van der Waals surface area contributed by atoms with Crippen LogP contribution in [0, 0.1) is 27.0 Å². The molecule has 0 aliphatic heterocycles. The molecule has 0 bridgehead atoms. The molecule has 0 aliphatic carbocycles. The maximum atomic E-state index is 11.3. The first-order valence-corrected chi connectivity index (χ1v) is 10.7. The highest BCUT2D eigenvalue weighted by molar-refractivity contribution is 5.76. The fraction of sp³-hybridized carbons (Fsp3) is 0.200. The third-order valence-electron chi connectivity index (χ3n) is 5.07. The Balaban J connectivity index is 0.00000210. The van der Waals surface area contributed by atoms with Crippen molar-refractivity contribution < 1.29 is 15.1 Å². The Kier molecular flexibility index (Phi) is 10.9. The van der Waals surface area contributed by atoms with Gasteiger partial charge < -0.3 is 15.1 Å². The van der Waals surface area contributed by atoms with E-state index >= 15 is 0 Å². The van der Waals surface area contributed by atoms with Crippen molar-refractivity contribution >= 4 is 34.9 Å². The summed E-state index contributed by atoms with van der Waals surface area (Å²) in [4.78, 5) is 26.8. The molecule has 0 unspecified atom stereocenters. The molecule has 0 atom stereocenters. The molecule has 0 radical (unpaired) electrons. The average molecular weight is 479 g/mol. The minimum atomic E-state index is -0.376. The third-order valence-corrected chi connectivity index (χ3v) is 5.07. The highest BCUT2D eigenvalue weighted by Gasteiger charge is 2.12. The molecule has 3 aromatic rings. The minimum absolute atomic E-state index is 0.00842. The topological polar surface area (TPSA) is 146 Å². The average Bonchev–Trinajstić information content (AvgIpc) is 2.88. The maximum absolute atomic E-state index is 11.3. The Morgan fingerprint density at radius 1 is 0.857 bits per heavy atom. The van der Waals surface area contributed by atoms with Gasteiger partial charge in [-0.3, -0.25) is 10.1 Å². The van der Waals surface area contributed by atoms with Gasteiger partial charge in [-0.05, 0) is 60.5 Å². The van der Waals surface area contributed by atoms with E-state index in [0.717, 1.165) is 16.8 Å². The minimum Gasteiger partial charge on any atom is -0.395 e. The quantitative estimate of drug-likeness (QED) is 0.173. The Morgan fingerprint density at radius 2 is 1.40 bits per heavy atom. The lowest BCUT2D eigenvalue weighted by Gasteiger charge is -2.22. The zero-order valence-electron chi connectivity index (χ0n) is 19.2. The van der Waals surface area contributed by atoms with E-state index in [4.69, 9.17) is 20.1 Å². The molecular formula is C25H26N4O6. The Labute approximate surface area is 202 Å². The van der Waals surface area contributed by atoms with Crippen LogP contribution in [0.5, 0.6) is 0 Å². The Morgan fingerprint density at radius 3 is 1.91 bits per heavy atom. The number of nitro benzene ring substituents is 1. The summed E-state index contributed by atoms with van der Waals surface area (Å²) in [5, 5.41) is 38.1. The van der Waals surface area contributed by atoms with Crippen LogP contribution in [-0.4, -0.2) is 41.4 Å². The molecule has 3 rings (SSSR count). The predicted octanol–water partition coefficient (Wildman–Crippen LogP) is 5.35. The summed E-state index contributed by atoms with van der Waals surface area (Å²) >= 11 is 0. The number of aliphatic hydroxyl groups is 2. The molecule has 35 heavy (non-hydrogen) atoms. The predicted molar refractivity (Wildman–Crippen MR) is 137 cm³/mol. The summed E-state index contributed by atoms with van der Waals surface area (Å²) in [5.41, 5.74) is 4.66. The zero-order valence-corrected chi connectivity index (χ0v) is 19.2. The second-order valence-corrected chi connectivity index (χ2v) is 7.34. The van der Waals surface area contributed by atoms with Gasteiger partial charge in [0.1, 0.15) is 0 Å². The van der Waals surface area contributed by atoms with Crippen LogP contribution in [0.4, 0.5) is 22.7 Å². The van der Waals surface area contributed by atoms with Crippen molar-refractivity contribution in [2.75, 3.05) is 31.2 Å². The van der Waals surface area contributed by atoms with Crippen LogP contribution in [0.1, 0.15) is 16.7 Å². The second kappa shape index (κ2) is 14.1. The number of aliphatic hydroxyl groups excluding tert-OH is 2. The van der Waals surface area contributed by atoms with Gasteiger partial charge in [0.2, 0.25) is 0 Å². The van der Waals surface area contributed by atoms with Crippen molar-refractivity contribution in [3.8, 4) is 0 Å². The summed E-state index contributed by atoms with van der Waals surface area (Å²) in [5.74, 6) is 0. The Hall–Kier alpha value is -4.28. The van der Waals surface area contributed by atoms with Gasteiger partial charge in [-0.2, -0.15) is 10.2 Å². The molecule has 0 spiro atoms. The van der Waals surface area contributed by atoms with E-state index in [1.54, 1.807) is 12.1 Å². The van der Waals surface area contributed by atoms with Gasteiger partial charge in [0.05, 0.1) is 35.1 Å². The van der Waals surface area contributed by atoms with E-state index in [1.807, 2.05) is 72.5 Å². The molecule has 0 aliphatic rings. The van der Waals surface area contributed by atoms with Gasteiger partial charge in [-0.15, -0.1) is 0 Å². The Bertz CT molecular complexity index is 1140. The summed E-state index contributed by atoms with van der Waals surface area (Å²) in [6.45, 7) is 2.75. The summed E-state index contributed by atoms with van der Waals surface area (Å²) < 4.78 is 0. The SMILES string of the molecule is Cc1cccc([N+](=O)[O-])c1C=Cc1ccc(N=Nc2ccc(N(CCO)CCO)cc2)cc1.O=O. The van der Waals surface area contributed by atoms with E-state index in [-0.39, 0.29) is 23.8 Å². The highest BCUT2D eigenvalue weighted by atomic mass is 16.7. The molecular weight excluding hydrogens is 452 g/mol. The maximum Gasteiger partial charge on any atom is 0.276 e. The van der Waals surface area contributed by atoms with Crippen LogP contribution in [-0.2, 0) is 0 Å². The van der Waals surface area contributed by atoms with E-state index in [1.165, 1.54) is 6.07 Å². The number of nitro groups is 1. The number of azo groups is 1. The van der Waals surface area contributed by atoms with Crippen molar-refractivity contribution in [2.24, 2.45) is 10.2 Å². The fourth-order valence-corrected chi connectivity index (χ4v) is 3.33. The van der Waals surface area contributed by atoms with Gasteiger partial charge >= 0.3 is 0 Å². The van der Waals surface area contributed by atoms with Crippen molar-refractivity contribution in [2.45, 2.75) is 6.92 Å². The van der Waals surface area contributed by atoms with Crippen molar-refractivity contribution in [3.63, 3.8) is 0 Å². The van der Waals surface area contributed by atoms with Gasteiger partial charge in [-0.1, -0.05) is 30.3 Å². The molecule has 0 aromatic heterocycles. The molecule has 0 saturated heterocycles. The fourth-order valence-electron chi connectivity index (χ4n) is 3.33. The first-order chi connectivity index (χ1) is 17.0. The van der Waals surface area contributed by atoms with Crippen LogP contribution in [0.3, 0.4) is 0 Å². The van der Waals surface area contributed by atoms with Gasteiger partial charge in [0.25, 0.3) is 5.69 Å². The van der Waals surface area contributed by atoms with Crippen molar-refractivity contribution in [3.05, 3.63) is 103 Å². The van der Waals surface area contributed by atoms with E-state index in [2.05, 4.69) is 10.2 Å². The first kappa shape index (κ1) is 27.0. The lowest BCUT2D eigenvalue weighted by molar-refractivity contribution is -0.385. The van der Waals surface area contributed by atoms with Gasteiger partial charge in [-0.25, -0.2) is 0 Å². The van der Waals surface area contributed by atoms with Crippen LogP contribution < -0.4 is 4.90 Å². The lowest BCUT2D eigenvalue weighted by Crippen LogP contribution is -2.29. The molecule has 0 saturated carbocycles. The molecule has 182 valence electrons. The number of hydrogen-bond acceptors (Lipinski definition) is 9. The molecule has 10 heteroatoms. The number of nitrogens with zero attached hydrogens (tertiary/aromatic N) is 4. The molecule has 0 fully saturated rings. The number of rotatable bonds is 10. The van der Waals surface area contributed by atoms with E-state index < -0.39 is 0 Å². The van der Waals surface area contributed by atoms with Gasteiger partial charge in [0, 0.05) is 34.8 Å². The molecule has 0 amide bonds. The van der Waals surface area contributed by atoms with Crippen LogP contribution in [0.25, 0.3) is 12.2 Å². The summed E-state index contributed by atoms with van der Waals surface area (Å²) in [6.07, 6.45) is 3.59. The van der Waals surface area contributed by atoms with Crippen LogP contribution in [0.2, 0.25) is 0 Å². The van der Waals surface area contributed by atoms with Crippen LogP contribution >= 0.6 is 0 Å². The number of benzene rings is 3. The van der Waals surface area contributed by atoms with Crippen molar-refractivity contribution in [1.82, 2.24) is 0 Å². The standard InChI is InChI=1S/C25H26N4O4.O2/c1-19-3-2-4-25(29(32)33)24(19)14-7-20-5-8-21(9-6-20)26-27-22-10-12-23(13-11-22)28(15-17-30)16-18-31;1-2/h2-14,30-31H,15-18H2,1H3;. The number of aryl methyl sites for hydroxylation is 1. The van der Waals surface area contributed by atoms with E-state index in [9.17, 15) is 10.1 Å². The third kappa shape index (κ3) is 7.91. The first-order valence-electron chi connectivity index (χ1n) is 10.7. The second-order valence-electron chi connectivity index (χ2n) is 7.34. The molecule has 0 heterocycles. The number of hydrogen-bond donors (Lipinski definition) is 2. The monoisotopic (exact) mass is 478 g/mol. The lowest BCUT2D eigenvalue weighted by atomic mass is 10.0. The highest BCUT2D eigenvalue weighted by Crippen LogP contribution is 2.25. The van der Waals surface area contributed by atoms with Crippen molar-refractivity contribution in [1.29, 1.82) is 0 Å². The summed E-state index contributed by atoms with van der Waals surface area (Å²) in [6, 6.07) is 19.8. The largest absolute Gasteiger partial charge is 0.395 e. The zero-order chi connectivity index (χ0) is 25.6. The molecule has 10 nitrogen and oxygen atoms in total. The van der Waals surface area contributed by atoms with Crippen LogP contribution in [0.15, 0.2) is 77.0 Å². The smallest absolute Gasteiger partial charge is 0.276 e. The van der Waals surface area contributed by atoms with E-state index in [0.29, 0.717) is 30.0 Å². The molecule has 3 aromatic carbocycles. The summed E-state index contributed by atoms with van der Waals surface area (Å²) in [7, 11) is 0. The number of anilines is 1. The van der Waals surface area contributed by atoms with Gasteiger partial charge in [0.15, 0.2) is 0 Å². The molecule has 2 N–H and O–H groups in total. The normalized spacial score (nSPS) is 10.8.